The van der Waals surface area contributed by atoms with Crippen molar-refractivity contribution in [2.75, 3.05) is 19.7 Å². The molecule has 1 aliphatic heterocycles. The second kappa shape index (κ2) is 6.44. The predicted molar refractivity (Wildman–Crippen MR) is 78.2 cm³/mol. The van der Waals surface area contributed by atoms with Crippen LogP contribution in [0.3, 0.4) is 0 Å². The SMILES string of the molecule is NCC1CCCC(C(=O)N2CCOC3CCCCC32)C1. The summed E-state index contributed by atoms with van der Waals surface area (Å²) in [5.74, 6) is 1.17. The van der Waals surface area contributed by atoms with Crippen LogP contribution in [0.2, 0.25) is 0 Å². The van der Waals surface area contributed by atoms with Gasteiger partial charge in [-0.2, -0.15) is 0 Å². The van der Waals surface area contributed by atoms with Crippen LogP contribution in [-0.4, -0.2) is 42.6 Å². The van der Waals surface area contributed by atoms with Gasteiger partial charge in [0.25, 0.3) is 0 Å². The van der Waals surface area contributed by atoms with Crippen molar-refractivity contribution in [2.45, 2.75) is 63.5 Å². The van der Waals surface area contributed by atoms with Crippen LogP contribution in [0.25, 0.3) is 0 Å². The standard InChI is InChI=1S/C16H28N2O2/c17-11-12-4-3-5-13(10-12)16(19)18-8-9-20-15-7-2-1-6-14(15)18/h12-15H,1-11,17H2. The van der Waals surface area contributed by atoms with Crippen LogP contribution >= 0.6 is 0 Å². The Kier molecular flexibility index (Phi) is 4.61. The number of hydrogen-bond donors (Lipinski definition) is 1. The number of rotatable bonds is 2. The molecule has 1 amide bonds. The molecule has 114 valence electrons. The van der Waals surface area contributed by atoms with Crippen LogP contribution < -0.4 is 5.73 Å². The Labute approximate surface area is 122 Å². The smallest absolute Gasteiger partial charge is 0.226 e. The molecule has 0 aromatic rings. The fraction of sp³-hybridized carbons (Fsp3) is 0.938. The summed E-state index contributed by atoms with van der Waals surface area (Å²) in [6.07, 6.45) is 9.48. The second-order valence-corrected chi connectivity index (χ2v) is 6.76. The summed E-state index contributed by atoms with van der Waals surface area (Å²) < 4.78 is 5.88. The van der Waals surface area contributed by atoms with Gasteiger partial charge in [-0.15, -0.1) is 0 Å². The summed E-state index contributed by atoms with van der Waals surface area (Å²) >= 11 is 0. The van der Waals surface area contributed by atoms with Crippen molar-refractivity contribution < 1.29 is 9.53 Å². The van der Waals surface area contributed by atoms with E-state index in [9.17, 15) is 4.79 Å². The molecule has 2 saturated carbocycles. The molecule has 4 unspecified atom stereocenters. The van der Waals surface area contributed by atoms with E-state index in [1.165, 1.54) is 19.3 Å². The Bertz CT molecular complexity index is 345. The third kappa shape index (κ3) is 2.86. The molecule has 3 aliphatic rings. The monoisotopic (exact) mass is 280 g/mol. The third-order valence-corrected chi connectivity index (χ3v) is 5.48. The fourth-order valence-electron chi connectivity index (χ4n) is 4.33. The topological polar surface area (TPSA) is 55.6 Å². The summed E-state index contributed by atoms with van der Waals surface area (Å²) in [6, 6.07) is 0.350. The van der Waals surface area contributed by atoms with E-state index in [-0.39, 0.29) is 5.92 Å². The maximum Gasteiger partial charge on any atom is 0.226 e. The summed E-state index contributed by atoms with van der Waals surface area (Å²) in [7, 11) is 0. The van der Waals surface area contributed by atoms with Crippen LogP contribution in [0.1, 0.15) is 51.4 Å². The van der Waals surface area contributed by atoms with Gasteiger partial charge in [0.1, 0.15) is 0 Å². The lowest BCUT2D eigenvalue weighted by Gasteiger charge is -2.45. The first kappa shape index (κ1) is 14.3. The molecular weight excluding hydrogens is 252 g/mol. The summed E-state index contributed by atoms with van der Waals surface area (Å²) in [6.45, 7) is 2.25. The number of ether oxygens (including phenoxy) is 1. The number of hydrogen-bond acceptors (Lipinski definition) is 3. The molecule has 0 aromatic heterocycles. The number of fused-ring (bicyclic) bond motifs is 1. The molecule has 20 heavy (non-hydrogen) atoms. The lowest BCUT2D eigenvalue weighted by molar-refractivity contribution is -0.155. The van der Waals surface area contributed by atoms with E-state index in [0.717, 1.165) is 51.8 Å². The van der Waals surface area contributed by atoms with Crippen molar-refractivity contribution in [1.82, 2.24) is 4.90 Å². The molecule has 4 nitrogen and oxygen atoms in total. The molecular formula is C16H28N2O2. The van der Waals surface area contributed by atoms with Crippen LogP contribution in [0.15, 0.2) is 0 Å². The van der Waals surface area contributed by atoms with Crippen LogP contribution in [0.5, 0.6) is 0 Å². The highest BCUT2D eigenvalue weighted by Gasteiger charge is 2.39. The number of carbonyl (C=O) groups is 1. The highest BCUT2D eigenvalue weighted by atomic mass is 16.5. The molecule has 0 bridgehead atoms. The lowest BCUT2D eigenvalue weighted by Crippen LogP contribution is -2.56. The highest BCUT2D eigenvalue weighted by Crippen LogP contribution is 2.34. The minimum absolute atomic E-state index is 0.220. The van der Waals surface area contributed by atoms with Crippen molar-refractivity contribution >= 4 is 5.91 Å². The number of carbonyl (C=O) groups excluding carboxylic acids is 1. The maximum absolute atomic E-state index is 12.9. The van der Waals surface area contributed by atoms with E-state index in [0.29, 0.717) is 24.0 Å². The van der Waals surface area contributed by atoms with Gasteiger partial charge in [0.05, 0.1) is 18.8 Å². The molecule has 4 atom stereocenters. The Morgan fingerprint density at radius 3 is 2.85 bits per heavy atom. The van der Waals surface area contributed by atoms with E-state index in [1.54, 1.807) is 0 Å². The molecule has 0 radical (unpaired) electrons. The van der Waals surface area contributed by atoms with Crippen molar-refractivity contribution in [3.05, 3.63) is 0 Å². The summed E-state index contributed by atoms with van der Waals surface area (Å²) in [5.41, 5.74) is 5.81. The van der Waals surface area contributed by atoms with Gasteiger partial charge in [-0.1, -0.05) is 19.3 Å². The van der Waals surface area contributed by atoms with Crippen LogP contribution in [-0.2, 0) is 9.53 Å². The zero-order valence-electron chi connectivity index (χ0n) is 12.4. The Hall–Kier alpha value is -0.610. The van der Waals surface area contributed by atoms with Gasteiger partial charge in [0.15, 0.2) is 0 Å². The zero-order chi connectivity index (χ0) is 13.9. The number of nitrogens with two attached hydrogens (primary N) is 1. The molecule has 0 aromatic carbocycles. The number of amides is 1. The largest absolute Gasteiger partial charge is 0.374 e. The first-order valence-electron chi connectivity index (χ1n) is 8.41. The van der Waals surface area contributed by atoms with Crippen molar-refractivity contribution in [3.8, 4) is 0 Å². The van der Waals surface area contributed by atoms with Gasteiger partial charge >= 0.3 is 0 Å². The van der Waals surface area contributed by atoms with E-state index in [4.69, 9.17) is 10.5 Å². The molecule has 0 spiro atoms. The Balaban J connectivity index is 1.65. The molecule has 1 heterocycles. The van der Waals surface area contributed by atoms with Gasteiger partial charge in [0.2, 0.25) is 5.91 Å². The Morgan fingerprint density at radius 1 is 1.15 bits per heavy atom. The zero-order valence-corrected chi connectivity index (χ0v) is 12.4. The molecule has 1 saturated heterocycles. The average molecular weight is 280 g/mol. The van der Waals surface area contributed by atoms with Crippen LogP contribution in [0.4, 0.5) is 0 Å². The van der Waals surface area contributed by atoms with Crippen molar-refractivity contribution in [2.24, 2.45) is 17.6 Å². The quantitative estimate of drug-likeness (QED) is 0.841. The minimum Gasteiger partial charge on any atom is -0.374 e. The van der Waals surface area contributed by atoms with Gasteiger partial charge in [-0.25, -0.2) is 0 Å². The van der Waals surface area contributed by atoms with Gasteiger partial charge < -0.3 is 15.4 Å². The Morgan fingerprint density at radius 2 is 2.00 bits per heavy atom. The minimum atomic E-state index is 0.220. The van der Waals surface area contributed by atoms with Gasteiger partial charge in [0, 0.05) is 12.5 Å². The second-order valence-electron chi connectivity index (χ2n) is 6.76. The van der Waals surface area contributed by atoms with E-state index >= 15 is 0 Å². The first-order chi connectivity index (χ1) is 9.79. The van der Waals surface area contributed by atoms with Gasteiger partial charge in [-0.05, 0) is 44.6 Å². The van der Waals surface area contributed by atoms with E-state index in [2.05, 4.69) is 4.90 Å². The maximum atomic E-state index is 12.9. The number of morpholine rings is 1. The van der Waals surface area contributed by atoms with Crippen molar-refractivity contribution in [1.29, 1.82) is 0 Å². The summed E-state index contributed by atoms with van der Waals surface area (Å²) in [5, 5.41) is 0. The van der Waals surface area contributed by atoms with E-state index in [1.807, 2.05) is 0 Å². The molecule has 3 rings (SSSR count). The number of nitrogens with zero attached hydrogens (tertiary/aromatic N) is 1. The fourth-order valence-corrected chi connectivity index (χ4v) is 4.33. The molecule has 3 fully saturated rings. The third-order valence-electron chi connectivity index (χ3n) is 5.48. The average Bonchev–Trinajstić information content (AvgIpc) is 2.53. The molecule has 2 N–H and O–H groups in total. The highest BCUT2D eigenvalue weighted by molar-refractivity contribution is 5.79. The molecule has 4 heteroatoms. The van der Waals surface area contributed by atoms with Gasteiger partial charge in [-0.3, -0.25) is 4.79 Å². The first-order valence-corrected chi connectivity index (χ1v) is 8.41. The van der Waals surface area contributed by atoms with E-state index < -0.39 is 0 Å². The van der Waals surface area contributed by atoms with Crippen molar-refractivity contribution in [3.63, 3.8) is 0 Å². The summed E-state index contributed by atoms with van der Waals surface area (Å²) in [4.78, 5) is 15.1. The molecule has 2 aliphatic carbocycles. The predicted octanol–water partition coefficient (Wildman–Crippen LogP) is 1.92. The normalized spacial score (nSPS) is 38.4. The van der Waals surface area contributed by atoms with Crippen LogP contribution in [0, 0.1) is 11.8 Å². The lowest BCUT2D eigenvalue weighted by atomic mass is 9.80.